The minimum atomic E-state index is 0.352. The average molecular weight is 229 g/mol. The summed E-state index contributed by atoms with van der Waals surface area (Å²) in [7, 11) is 0. The number of unbranched alkanes of at least 4 members (excludes halogenated alkanes) is 8. The Morgan fingerprint density at radius 3 is 1.75 bits per heavy atom. The van der Waals surface area contributed by atoms with Gasteiger partial charge in [0.25, 0.3) is 0 Å². The molecule has 0 aliphatic rings. The van der Waals surface area contributed by atoms with Gasteiger partial charge < -0.3 is 10.4 Å². The topological polar surface area (TPSA) is 32.3 Å². The molecule has 0 rings (SSSR count). The Labute approximate surface area is 102 Å². The van der Waals surface area contributed by atoms with Crippen molar-refractivity contribution >= 4 is 0 Å². The smallest absolute Gasteiger partial charge is 0.0431 e. The Bertz CT molecular complexity index is 103. The minimum absolute atomic E-state index is 0.352. The molecule has 0 bridgehead atoms. The van der Waals surface area contributed by atoms with Crippen LogP contribution in [-0.4, -0.2) is 24.8 Å². The summed E-state index contributed by atoms with van der Waals surface area (Å²) in [6.07, 6.45) is 12.9. The van der Waals surface area contributed by atoms with Crippen LogP contribution < -0.4 is 5.32 Å². The predicted octanol–water partition coefficient (Wildman–Crippen LogP) is 3.49. The molecule has 0 fully saturated rings. The highest BCUT2D eigenvalue weighted by atomic mass is 16.2. The molecule has 0 radical (unpaired) electrons. The number of aliphatic hydroxyl groups is 1. The van der Waals surface area contributed by atoms with Crippen LogP contribution in [0.1, 0.15) is 71.1 Å². The molecule has 2 nitrogen and oxygen atoms in total. The van der Waals surface area contributed by atoms with Crippen LogP contribution in [0.15, 0.2) is 0 Å². The van der Waals surface area contributed by atoms with Gasteiger partial charge in [-0.25, -0.2) is 0 Å². The average Bonchev–Trinajstić information content (AvgIpc) is 2.31. The van der Waals surface area contributed by atoms with Gasteiger partial charge in [0, 0.05) is 6.61 Å². The van der Waals surface area contributed by atoms with Gasteiger partial charge in [-0.3, -0.25) is 0 Å². The van der Waals surface area contributed by atoms with Crippen molar-refractivity contribution in [3.05, 3.63) is 0 Å². The molecule has 0 spiro atoms. The number of aliphatic hydroxyl groups excluding tert-OH is 1. The number of rotatable bonds is 13. The van der Waals surface area contributed by atoms with Crippen LogP contribution in [0.3, 0.4) is 0 Å². The van der Waals surface area contributed by atoms with Crippen LogP contribution in [0.25, 0.3) is 0 Å². The first-order valence-corrected chi connectivity index (χ1v) is 7.23. The van der Waals surface area contributed by atoms with Crippen LogP contribution in [0.5, 0.6) is 0 Å². The van der Waals surface area contributed by atoms with E-state index in [0.29, 0.717) is 6.61 Å². The summed E-state index contributed by atoms with van der Waals surface area (Å²) in [5.41, 5.74) is 0. The molecule has 0 aromatic carbocycles. The number of hydrogen-bond acceptors (Lipinski definition) is 2. The summed E-state index contributed by atoms with van der Waals surface area (Å²) in [4.78, 5) is 0. The van der Waals surface area contributed by atoms with Gasteiger partial charge in [-0.2, -0.15) is 0 Å². The molecule has 0 saturated heterocycles. The highest BCUT2D eigenvalue weighted by Gasteiger charge is 1.91. The molecule has 0 aliphatic carbocycles. The lowest BCUT2D eigenvalue weighted by molar-refractivity contribution is 0.282. The second kappa shape index (κ2) is 14.9. The van der Waals surface area contributed by atoms with E-state index in [4.69, 9.17) is 5.11 Å². The molecule has 2 N–H and O–H groups in total. The minimum Gasteiger partial charge on any atom is -0.396 e. The van der Waals surface area contributed by atoms with Gasteiger partial charge in [0.1, 0.15) is 0 Å². The SMILES string of the molecule is CCCCCCCCNCCCCCCO. The summed E-state index contributed by atoms with van der Waals surface area (Å²) < 4.78 is 0. The van der Waals surface area contributed by atoms with E-state index in [9.17, 15) is 0 Å². The van der Waals surface area contributed by atoms with Crippen molar-refractivity contribution in [2.75, 3.05) is 19.7 Å². The van der Waals surface area contributed by atoms with Crippen LogP contribution in [-0.2, 0) is 0 Å². The Morgan fingerprint density at radius 1 is 0.688 bits per heavy atom. The van der Waals surface area contributed by atoms with Crippen molar-refractivity contribution in [3.8, 4) is 0 Å². The van der Waals surface area contributed by atoms with Gasteiger partial charge in [-0.1, -0.05) is 51.9 Å². The fourth-order valence-electron chi connectivity index (χ4n) is 1.87. The second-order valence-electron chi connectivity index (χ2n) is 4.66. The summed E-state index contributed by atoms with van der Waals surface area (Å²) in [5, 5.41) is 12.1. The van der Waals surface area contributed by atoms with Crippen molar-refractivity contribution in [1.29, 1.82) is 0 Å². The molecule has 0 atom stereocenters. The second-order valence-corrected chi connectivity index (χ2v) is 4.66. The Hall–Kier alpha value is -0.0800. The van der Waals surface area contributed by atoms with Crippen molar-refractivity contribution in [1.82, 2.24) is 5.32 Å². The third-order valence-corrected chi connectivity index (χ3v) is 2.97. The molecule has 2 heteroatoms. The number of hydrogen-bond donors (Lipinski definition) is 2. The zero-order valence-corrected chi connectivity index (χ0v) is 11.1. The zero-order valence-electron chi connectivity index (χ0n) is 11.1. The van der Waals surface area contributed by atoms with E-state index < -0.39 is 0 Å². The lowest BCUT2D eigenvalue weighted by atomic mass is 10.1. The maximum atomic E-state index is 8.61. The monoisotopic (exact) mass is 229 g/mol. The summed E-state index contributed by atoms with van der Waals surface area (Å²) in [6.45, 7) is 4.95. The van der Waals surface area contributed by atoms with Crippen molar-refractivity contribution in [3.63, 3.8) is 0 Å². The van der Waals surface area contributed by atoms with Gasteiger partial charge in [0.05, 0.1) is 0 Å². The predicted molar refractivity (Wildman–Crippen MR) is 71.8 cm³/mol. The van der Waals surface area contributed by atoms with Gasteiger partial charge in [-0.05, 0) is 32.4 Å². The molecule has 0 unspecified atom stereocenters. The maximum Gasteiger partial charge on any atom is 0.0431 e. The molecule has 16 heavy (non-hydrogen) atoms. The third-order valence-electron chi connectivity index (χ3n) is 2.97. The maximum absolute atomic E-state index is 8.61. The molecular weight excluding hydrogens is 198 g/mol. The van der Waals surface area contributed by atoms with Crippen molar-refractivity contribution in [2.24, 2.45) is 0 Å². The van der Waals surface area contributed by atoms with Gasteiger partial charge in [-0.15, -0.1) is 0 Å². The Morgan fingerprint density at radius 2 is 1.19 bits per heavy atom. The van der Waals surface area contributed by atoms with E-state index in [0.717, 1.165) is 13.0 Å². The Balaban J connectivity index is 2.83. The molecule has 0 amide bonds. The van der Waals surface area contributed by atoms with Crippen LogP contribution in [0.2, 0.25) is 0 Å². The van der Waals surface area contributed by atoms with E-state index in [1.54, 1.807) is 0 Å². The van der Waals surface area contributed by atoms with Gasteiger partial charge in [0.15, 0.2) is 0 Å². The fraction of sp³-hybridized carbons (Fsp3) is 1.00. The van der Waals surface area contributed by atoms with Crippen LogP contribution in [0.4, 0.5) is 0 Å². The normalized spacial score (nSPS) is 10.9. The number of nitrogens with one attached hydrogen (secondary N) is 1. The third kappa shape index (κ3) is 13.9. The van der Waals surface area contributed by atoms with E-state index in [1.165, 1.54) is 64.3 Å². The highest BCUT2D eigenvalue weighted by Crippen LogP contribution is 2.04. The summed E-state index contributed by atoms with van der Waals surface area (Å²) >= 11 is 0. The van der Waals surface area contributed by atoms with E-state index in [-0.39, 0.29) is 0 Å². The first kappa shape index (κ1) is 15.9. The first-order chi connectivity index (χ1) is 7.91. The molecular formula is C14H31NO. The summed E-state index contributed by atoms with van der Waals surface area (Å²) in [6, 6.07) is 0. The Kier molecular flexibility index (Phi) is 14.8. The van der Waals surface area contributed by atoms with Gasteiger partial charge in [0.2, 0.25) is 0 Å². The van der Waals surface area contributed by atoms with Crippen LogP contribution >= 0.6 is 0 Å². The molecule has 0 heterocycles. The molecule has 98 valence electrons. The van der Waals surface area contributed by atoms with Crippen molar-refractivity contribution < 1.29 is 5.11 Å². The quantitative estimate of drug-likeness (QED) is 0.474. The molecule has 0 saturated carbocycles. The highest BCUT2D eigenvalue weighted by molar-refractivity contribution is 4.51. The summed E-state index contributed by atoms with van der Waals surface area (Å²) in [5.74, 6) is 0. The van der Waals surface area contributed by atoms with Crippen LogP contribution in [0, 0.1) is 0 Å². The molecule has 0 aromatic heterocycles. The zero-order chi connectivity index (χ0) is 11.9. The fourth-order valence-corrected chi connectivity index (χ4v) is 1.87. The van der Waals surface area contributed by atoms with Gasteiger partial charge >= 0.3 is 0 Å². The molecule has 0 aromatic rings. The largest absolute Gasteiger partial charge is 0.396 e. The van der Waals surface area contributed by atoms with E-state index in [2.05, 4.69) is 12.2 Å². The van der Waals surface area contributed by atoms with E-state index in [1.807, 2.05) is 0 Å². The first-order valence-electron chi connectivity index (χ1n) is 7.23. The lowest BCUT2D eigenvalue weighted by Gasteiger charge is -2.04. The standard InChI is InChI=1S/C14H31NO/c1-2-3-4-5-6-9-12-15-13-10-7-8-11-14-16/h15-16H,2-14H2,1H3. The van der Waals surface area contributed by atoms with Crippen molar-refractivity contribution in [2.45, 2.75) is 71.1 Å². The lowest BCUT2D eigenvalue weighted by Crippen LogP contribution is -2.16. The van der Waals surface area contributed by atoms with E-state index >= 15 is 0 Å². The molecule has 0 aliphatic heterocycles.